The molecule has 1 N–H and O–H groups in total. The summed E-state index contributed by atoms with van der Waals surface area (Å²) in [5.41, 5.74) is 2.21. The summed E-state index contributed by atoms with van der Waals surface area (Å²) in [6.07, 6.45) is 1.62. The molecule has 1 aromatic carbocycles. The molecule has 1 aromatic heterocycles. The largest absolute Gasteiger partial charge is 0.339 e. The number of hydrogen-bond acceptors (Lipinski definition) is 2. The van der Waals surface area contributed by atoms with Crippen LogP contribution in [-0.4, -0.2) is 4.98 Å². The van der Waals surface area contributed by atoms with Crippen LogP contribution in [0.4, 0.5) is 11.5 Å². The molecule has 82 valence electrons. The molecule has 4 heteroatoms. The molecule has 0 aliphatic rings. The molecule has 0 amide bonds. The highest BCUT2D eigenvalue weighted by Gasteiger charge is 2.04. The molecule has 0 spiro atoms. The zero-order valence-corrected chi connectivity index (χ0v) is 11.0. The van der Waals surface area contributed by atoms with Crippen molar-refractivity contribution in [3.63, 3.8) is 0 Å². The monoisotopic (exact) mass is 296 g/mol. The van der Waals surface area contributed by atoms with Crippen LogP contribution in [0, 0.1) is 6.92 Å². The van der Waals surface area contributed by atoms with Crippen LogP contribution in [0.15, 0.2) is 41.0 Å². The van der Waals surface area contributed by atoms with Crippen molar-refractivity contribution < 1.29 is 0 Å². The van der Waals surface area contributed by atoms with Gasteiger partial charge in [0.1, 0.15) is 5.82 Å². The number of anilines is 2. The van der Waals surface area contributed by atoms with Crippen molar-refractivity contribution in [2.24, 2.45) is 0 Å². The van der Waals surface area contributed by atoms with Gasteiger partial charge < -0.3 is 5.32 Å². The van der Waals surface area contributed by atoms with E-state index >= 15 is 0 Å². The number of nitrogens with one attached hydrogen (secondary N) is 1. The predicted octanol–water partition coefficient (Wildman–Crippen LogP) is 4.55. The fourth-order valence-electron chi connectivity index (χ4n) is 1.35. The van der Waals surface area contributed by atoms with E-state index < -0.39 is 0 Å². The van der Waals surface area contributed by atoms with Gasteiger partial charge in [0.15, 0.2) is 0 Å². The highest BCUT2D eigenvalue weighted by atomic mass is 79.9. The van der Waals surface area contributed by atoms with E-state index in [1.807, 2.05) is 37.3 Å². The van der Waals surface area contributed by atoms with Crippen LogP contribution in [0.1, 0.15) is 5.56 Å². The average molecular weight is 298 g/mol. The molecule has 0 saturated heterocycles. The Hall–Kier alpha value is -1.06. The van der Waals surface area contributed by atoms with Gasteiger partial charge in [-0.05, 0) is 40.5 Å². The Morgan fingerprint density at radius 2 is 2.06 bits per heavy atom. The fourth-order valence-corrected chi connectivity index (χ4v) is 2.09. The number of aromatic nitrogens is 1. The predicted molar refractivity (Wildman–Crippen MR) is 71.4 cm³/mol. The molecular formula is C12H10BrClN2. The second-order valence-corrected chi connectivity index (χ2v) is 4.71. The number of pyridine rings is 1. The van der Waals surface area contributed by atoms with Gasteiger partial charge in [0.05, 0.1) is 9.50 Å². The van der Waals surface area contributed by atoms with Crippen molar-refractivity contribution in [1.29, 1.82) is 0 Å². The van der Waals surface area contributed by atoms with E-state index in [-0.39, 0.29) is 0 Å². The first-order valence-electron chi connectivity index (χ1n) is 4.80. The Labute approximate surface area is 108 Å². The van der Waals surface area contributed by atoms with E-state index in [4.69, 9.17) is 11.6 Å². The van der Waals surface area contributed by atoms with E-state index in [1.54, 1.807) is 6.20 Å². The van der Waals surface area contributed by atoms with Crippen LogP contribution in [0.25, 0.3) is 0 Å². The first-order chi connectivity index (χ1) is 7.66. The Bertz CT molecular complexity index is 514. The maximum atomic E-state index is 5.83. The lowest BCUT2D eigenvalue weighted by Gasteiger charge is -2.09. The Balaban J connectivity index is 2.31. The van der Waals surface area contributed by atoms with Gasteiger partial charge >= 0.3 is 0 Å². The molecule has 0 atom stereocenters. The molecular weight excluding hydrogens is 288 g/mol. The minimum absolute atomic E-state index is 0.613. The molecule has 1 heterocycles. The van der Waals surface area contributed by atoms with Gasteiger partial charge in [-0.1, -0.05) is 29.8 Å². The summed E-state index contributed by atoms with van der Waals surface area (Å²) in [6, 6.07) is 9.86. The van der Waals surface area contributed by atoms with Crippen molar-refractivity contribution in [2.45, 2.75) is 6.92 Å². The summed E-state index contributed by atoms with van der Waals surface area (Å²) in [5, 5.41) is 3.86. The van der Waals surface area contributed by atoms with E-state index in [2.05, 4.69) is 26.2 Å². The minimum atomic E-state index is 0.613. The molecule has 2 rings (SSSR count). The second kappa shape index (κ2) is 4.85. The van der Waals surface area contributed by atoms with Gasteiger partial charge in [-0.2, -0.15) is 0 Å². The van der Waals surface area contributed by atoms with Crippen molar-refractivity contribution >= 4 is 39.0 Å². The lowest BCUT2D eigenvalue weighted by atomic mass is 10.2. The van der Waals surface area contributed by atoms with Gasteiger partial charge in [0, 0.05) is 11.9 Å². The second-order valence-electron chi connectivity index (χ2n) is 3.42. The van der Waals surface area contributed by atoms with Crippen LogP contribution in [-0.2, 0) is 0 Å². The molecule has 0 radical (unpaired) electrons. The van der Waals surface area contributed by atoms with Crippen LogP contribution in [0.5, 0.6) is 0 Å². The molecule has 0 unspecified atom stereocenters. The SMILES string of the molecule is Cc1ccccc1Nc1ncc(Cl)cc1Br. The fraction of sp³-hybridized carbons (Fsp3) is 0.0833. The first-order valence-corrected chi connectivity index (χ1v) is 5.97. The number of para-hydroxylation sites is 1. The van der Waals surface area contributed by atoms with Gasteiger partial charge in [0.2, 0.25) is 0 Å². The van der Waals surface area contributed by atoms with Gasteiger partial charge in [-0.3, -0.25) is 0 Å². The number of aryl methyl sites for hydroxylation is 1. The molecule has 0 aliphatic carbocycles. The summed E-state index contributed by atoms with van der Waals surface area (Å²) in [6.45, 7) is 2.05. The topological polar surface area (TPSA) is 24.9 Å². The molecule has 2 nitrogen and oxygen atoms in total. The number of benzene rings is 1. The van der Waals surface area contributed by atoms with Gasteiger partial charge in [-0.25, -0.2) is 4.98 Å². The zero-order chi connectivity index (χ0) is 11.5. The number of hydrogen-bond donors (Lipinski definition) is 1. The number of nitrogens with zero attached hydrogens (tertiary/aromatic N) is 1. The maximum absolute atomic E-state index is 5.83. The average Bonchev–Trinajstić information content (AvgIpc) is 2.25. The summed E-state index contributed by atoms with van der Waals surface area (Å²) < 4.78 is 0.850. The van der Waals surface area contributed by atoms with Crippen LogP contribution in [0.2, 0.25) is 5.02 Å². The summed E-state index contributed by atoms with van der Waals surface area (Å²) in [7, 11) is 0. The van der Waals surface area contributed by atoms with Gasteiger partial charge in [0.25, 0.3) is 0 Å². The van der Waals surface area contributed by atoms with Crippen LogP contribution in [0.3, 0.4) is 0 Å². The standard InChI is InChI=1S/C12H10BrClN2/c1-8-4-2-3-5-11(8)16-12-10(13)6-9(14)7-15-12/h2-7H,1H3,(H,15,16). The summed E-state index contributed by atoms with van der Waals surface area (Å²) in [4.78, 5) is 4.22. The molecule has 0 saturated carbocycles. The van der Waals surface area contributed by atoms with E-state index in [0.29, 0.717) is 5.02 Å². The van der Waals surface area contributed by atoms with Crippen molar-refractivity contribution in [3.05, 3.63) is 51.6 Å². The third-order valence-electron chi connectivity index (χ3n) is 2.21. The van der Waals surface area contributed by atoms with Crippen molar-refractivity contribution in [3.8, 4) is 0 Å². The summed E-state index contributed by atoms with van der Waals surface area (Å²) in [5.74, 6) is 0.763. The van der Waals surface area contributed by atoms with Crippen LogP contribution < -0.4 is 5.32 Å². The number of rotatable bonds is 2. The third-order valence-corrected chi connectivity index (χ3v) is 3.02. The smallest absolute Gasteiger partial charge is 0.144 e. The minimum Gasteiger partial charge on any atom is -0.339 e. The first kappa shape index (κ1) is 11.4. The van der Waals surface area contributed by atoms with Crippen molar-refractivity contribution in [2.75, 3.05) is 5.32 Å². The quantitative estimate of drug-likeness (QED) is 0.879. The molecule has 0 bridgehead atoms. The molecule has 0 fully saturated rings. The Kier molecular flexibility index (Phi) is 3.46. The van der Waals surface area contributed by atoms with E-state index in [9.17, 15) is 0 Å². The molecule has 16 heavy (non-hydrogen) atoms. The Morgan fingerprint density at radius 1 is 1.31 bits per heavy atom. The van der Waals surface area contributed by atoms with Gasteiger partial charge in [-0.15, -0.1) is 0 Å². The zero-order valence-electron chi connectivity index (χ0n) is 8.67. The third kappa shape index (κ3) is 2.54. The lowest BCUT2D eigenvalue weighted by molar-refractivity contribution is 1.28. The van der Waals surface area contributed by atoms with E-state index in [0.717, 1.165) is 16.0 Å². The normalized spacial score (nSPS) is 10.2. The highest BCUT2D eigenvalue weighted by Crippen LogP contribution is 2.27. The molecule has 2 aromatic rings. The maximum Gasteiger partial charge on any atom is 0.144 e. The Morgan fingerprint density at radius 3 is 2.75 bits per heavy atom. The van der Waals surface area contributed by atoms with E-state index in [1.165, 1.54) is 5.56 Å². The van der Waals surface area contributed by atoms with Crippen molar-refractivity contribution in [1.82, 2.24) is 4.98 Å². The lowest BCUT2D eigenvalue weighted by Crippen LogP contribution is -1.96. The van der Waals surface area contributed by atoms with Crippen LogP contribution >= 0.6 is 27.5 Å². The number of halogens is 2. The molecule has 0 aliphatic heterocycles. The highest BCUT2D eigenvalue weighted by molar-refractivity contribution is 9.10. The summed E-state index contributed by atoms with van der Waals surface area (Å²) >= 11 is 9.25.